The Bertz CT molecular complexity index is 579. The highest BCUT2D eigenvalue weighted by molar-refractivity contribution is 7.09. The summed E-state index contributed by atoms with van der Waals surface area (Å²) < 4.78 is 0. The Kier molecular flexibility index (Phi) is 4.61. The second kappa shape index (κ2) is 6.63. The fraction of sp³-hybridized carbons (Fsp3) is 0.444. The number of thiophene rings is 1. The lowest BCUT2D eigenvalue weighted by molar-refractivity contribution is 0.366. The monoisotopic (exact) mass is 301 g/mol. The second-order valence-corrected chi connectivity index (χ2v) is 7.02. The first kappa shape index (κ1) is 14.6. The van der Waals surface area contributed by atoms with Gasteiger partial charge in [0, 0.05) is 4.88 Å². The number of nitrogens with one attached hydrogen (secondary N) is 1. The molecule has 2 atom stereocenters. The first-order valence-electron chi connectivity index (χ1n) is 7.76. The van der Waals surface area contributed by atoms with Gasteiger partial charge in [0.25, 0.3) is 0 Å². The number of aromatic hydroxyl groups is 1. The summed E-state index contributed by atoms with van der Waals surface area (Å²) in [5.74, 6) is 1.62. The van der Waals surface area contributed by atoms with E-state index in [1.807, 2.05) is 30.5 Å². The maximum atomic E-state index is 9.71. The number of phenols is 1. The molecule has 0 bridgehead atoms. The third kappa shape index (κ3) is 3.30. The molecule has 1 aliphatic rings. The Morgan fingerprint density at radius 3 is 3.05 bits per heavy atom. The molecule has 2 aromatic rings. The van der Waals surface area contributed by atoms with Crippen LogP contribution in [0.1, 0.15) is 34.8 Å². The van der Waals surface area contributed by atoms with Crippen molar-refractivity contribution in [1.82, 2.24) is 5.32 Å². The van der Waals surface area contributed by atoms with Gasteiger partial charge in [-0.1, -0.05) is 12.1 Å². The molecule has 1 heterocycles. The lowest BCUT2D eigenvalue weighted by atomic mass is 9.74. The molecule has 0 saturated heterocycles. The molecule has 0 fully saturated rings. The maximum absolute atomic E-state index is 9.71. The van der Waals surface area contributed by atoms with Crippen LogP contribution >= 0.6 is 11.3 Å². The quantitative estimate of drug-likeness (QED) is 0.876. The zero-order valence-corrected chi connectivity index (χ0v) is 13.3. The van der Waals surface area contributed by atoms with Gasteiger partial charge < -0.3 is 10.4 Å². The van der Waals surface area contributed by atoms with Crippen molar-refractivity contribution in [1.29, 1.82) is 0 Å². The van der Waals surface area contributed by atoms with E-state index in [1.165, 1.54) is 28.8 Å². The van der Waals surface area contributed by atoms with Crippen LogP contribution in [0.5, 0.6) is 5.75 Å². The zero-order chi connectivity index (χ0) is 14.7. The predicted octanol–water partition coefficient (Wildman–Crippen LogP) is 3.95. The van der Waals surface area contributed by atoms with Crippen LogP contribution in [0.4, 0.5) is 0 Å². The first-order chi connectivity index (χ1) is 10.3. The highest BCUT2D eigenvalue weighted by Gasteiger charge is 2.28. The van der Waals surface area contributed by atoms with Gasteiger partial charge in [0.2, 0.25) is 0 Å². The van der Waals surface area contributed by atoms with Gasteiger partial charge in [-0.05, 0) is 85.8 Å². The molecule has 0 amide bonds. The Hall–Kier alpha value is -1.32. The van der Waals surface area contributed by atoms with Crippen molar-refractivity contribution < 1.29 is 5.11 Å². The Morgan fingerprint density at radius 2 is 2.29 bits per heavy atom. The molecule has 0 radical (unpaired) electrons. The molecule has 0 aliphatic heterocycles. The number of aryl methyl sites for hydroxylation is 1. The summed E-state index contributed by atoms with van der Waals surface area (Å²) in [5, 5.41) is 15.3. The number of benzene rings is 1. The molecule has 0 saturated carbocycles. The molecule has 112 valence electrons. The molecule has 3 heteroatoms. The fourth-order valence-electron chi connectivity index (χ4n) is 3.63. The highest BCUT2D eigenvalue weighted by Crippen LogP contribution is 2.39. The third-order valence-electron chi connectivity index (χ3n) is 4.57. The predicted molar refractivity (Wildman–Crippen MR) is 89.2 cm³/mol. The molecule has 0 spiro atoms. The van der Waals surface area contributed by atoms with E-state index < -0.39 is 0 Å². The van der Waals surface area contributed by atoms with Crippen molar-refractivity contribution in [2.24, 2.45) is 5.92 Å². The van der Waals surface area contributed by atoms with Crippen LogP contribution in [-0.2, 0) is 12.8 Å². The molecule has 2 unspecified atom stereocenters. The zero-order valence-electron chi connectivity index (χ0n) is 12.5. The van der Waals surface area contributed by atoms with E-state index in [9.17, 15) is 5.11 Å². The van der Waals surface area contributed by atoms with E-state index in [1.54, 1.807) is 0 Å². The highest BCUT2D eigenvalue weighted by atomic mass is 32.1. The topological polar surface area (TPSA) is 32.3 Å². The molecule has 21 heavy (non-hydrogen) atoms. The van der Waals surface area contributed by atoms with Gasteiger partial charge in [0.1, 0.15) is 5.75 Å². The molecule has 3 rings (SSSR count). The van der Waals surface area contributed by atoms with Gasteiger partial charge >= 0.3 is 0 Å². The summed E-state index contributed by atoms with van der Waals surface area (Å²) in [4.78, 5) is 1.47. The standard InChI is InChI=1S/C18H23NOS/c1-19-12-14(11-16-5-3-9-21-16)17-6-2-4-13-10-15(20)7-8-18(13)17/h3,5,7-10,14,17,19-20H,2,4,6,11-12H2,1H3. The van der Waals surface area contributed by atoms with Crippen molar-refractivity contribution in [2.45, 2.75) is 31.6 Å². The summed E-state index contributed by atoms with van der Waals surface area (Å²) in [7, 11) is 2.04. The van der Waals surface area contributed by atoms with E-state index in [0.717, 1.165) is 19.4 Å². The smallest absolute Gasteiger partial charge is 0.115 e. The van der Waals surface area contributed by atoms with Crippen molar-refractivity contribution in [3.05, 3.63) is 51.7 Å². The lowest BCUT2D eigenvalue weighted by Gasteiger charge is -2.32. The van der Waals surface area contributed by atoms with E-state index in [4.69, 9.17) is 0 Å². The van der Waals surface area contributed by atoms with Crippen LogP contribution in [0.2, 0.25) is 0 Å². The number of hydrogen-bond acceptors (Lipinski definition) is 3. The van der Waals surface area contributed by atoms with Gasteiger partial charge in [-0.3, -0.25) is 0 Å². The van der Waals surface area contributed by atoms with E-state index in [0.29, 0.717) is 17.6 Å². The van der Waals surface area contributed by atoms with Crippen molar-refractivity contribution >= 4 is 11.3 Å². The third-order valence-corrected chi connectivity index (χ3v) is 5.46. The SMILES string of the molecule is CNCC(Cc1cccs1)C1CCCc2cc(O)ccc21. The average molecular weight is 301 g/mol. The number of fused-ring (bicyclic) bond motifs is 1. The van der Waals surface area contributed by atoms with Gasteiger partial charge in [-0.15, -0.1) is 11.3 Å². The minimum atomic E-state index is 0.401. The molecule has 1 aliphatic carbocycles. The van der Waals surface area contributed by atoms with E-state index in [-0.39, 0.29) is 0 Å². The lowest BCUT2D eigenvalue weighted by Crippen LogP contribution is -2.28. The molecular formula is C18H23NOS. The number of phenolic OH excluding ortho intramolecular Hbond substituents is 1. The van der Waals surface area contributed by atoms with Gasteiger partial charge in [0.15, 0.2) is 0 Å². The van der Waals surface area contributed by atoms with Crippen molar-refractivity contribution in [2.75, 3.05) is 13.6 Å². The molecular weight excluding hydrogens is 278 g/mol. The minimum Gasteiger partial charge on any atom is -0.508 e. The first-order valence-corrected chi connectivity index (χ1v) is 8.64. The van der Waals surface area contributed by atoms with Crippen LogP contribution in [0.3, 0.4) is 0 Å². The van der Waals surface area contributed by atoms with Crippen LogP contribution in [0.25, 0.3) is 0 Å². The Morgan fingerprint density at radius 1 is 1.38 bits per heavy atom. The summed E-state index contributed by atoms with van der Waals surface area (Å²) in [6, 6.07) is 10.3. The Balaban J connectivity index is 1.86. The van der Waals surface area contributed by atoms with Crippen LogP contribution in [0.15, 0.2) is 35.7 Å². The van der Waals surface area contributed by atoms with Crippen molar-refractivity contribution in [3.8, 4) is 5.75 Å². The van der Waals surface area contributed by atoms with Gasteiger partial charge in [-0.2, -0.15) is 0 Å². The molecule has 1 aromatic carbocycles. The summed E-state index contributed by atoms with van der Waals surface area (Å²) in [5.41, 5.74) is 2.80. The van der Waals surface area contributed by atoms with Crippen LogP contribution in [0, 0.1) is 5.92 Å². The normalized spacial score (nSPS) is 19.2. The van der Waals surface area contributed by atoms with Crippen LogP contribution < -0.4 is 5.32 Å². The molecule has 2 nitrogen and oxygen atoms in total. The molecule has 2 N–H and O–H groups in total. The second-order valence-electron chi connectivity index (χ2n) is 5.98. The Labute approximate surface area is 130 Å². The number of rotatable bonds is 5. The largest absolute Gasteiger partial charge is 0.508 e. The van der Waals surface area contributed by atoms with Gasteiger partial charge in [-0.25, -0.2) is 0 Å². The fourth-order valence-corrected chi connectivity index (χ4v) is 4.43. The van der Waals surface area contributed by atoms with E-state index in [2.05, 4.69) is 28.9 Å². The van der Waals surface area contributed by atoms with Crippen LogP contribution in [-0.4, -0.2) is 18.7 Å². The molecule has 1 aromatic heterocycles. The minimum absolute atomic E-state index is 0.401. The number of hydrogen-bond donors (Lipinski definition) is 2. The van der Waals surface area contributed by atoms with Gasteiger partial charge in [0.05, 0.1) is 0 Å². The maximum Gasteiger partial charge on any atom is 0.115 e. The average Bonchev–Trinajstić information content (AvgIpc) is 2.99. The summed E-state index contributed by atoms with van der Waals surface area (Å²) in [6.07, 6.45) is 4.73. The summed E-state index contributed by atoms with van der Waals surface area (Å²) >= 11 is 1.86. The van der Waals surface area contributed by atoms with E-state index >= 15 is 0 Å². The van der Waals surface area contributed by atoms with Crippen molar-refractivity contribution in [3.63, 3.8) is 0 Å². The summed E-state index contributed by atoms with van der Waals surface area (Å²) in [6.45, 7) is 1.04.